The van der Waals surface area contributed by atoms with Crippen molar-refractivity contribution in [3.63, 3.8) is 0 Å². The zero-order chi connectivity index (χ0) is 12.5. The molecule has 94 valence electrons. The van der Waals surface area contributed by atoms with Crippen molar-refractivity contribution in [2.24, 2.45) is 10.9 Å². The van der Waals surface area contributed by atoms with Crippen molar-refractivity contribution in [1.29, 1.82) is 0 Å². The zero-order valence-electron chi connectivity index (χ0n) is 11.1. The number of benzene rings is 1. The Labute approximate surface area is 105 Å². The van der Waals surface area contributed by atoms with Gasteiger partial charge < -0.3 is 4.74 Å². The van der Waals surface area contributed by atoms with Crippen molar-refractivity contribution in [3.05, 3.63) is 30.3 Å². The summed E-state index contributed by atoms with van der Waals surface area (Å²) >= 11 is 0. The van der Waals surface area contributed by atoms with Crippen LogP contribution in [0.5, 0.6) is 5.75 Å². The maximum absolute atomic E-state index is 5.98. The molecule has 17 heavy (non-hydrogen) atoms. The van der Waals surface area contributed by atoms with Gasteiger partial charge in [0.2, 0.25) is 0 Å². The number of hydrogen-bond donors (Lipinski definition) is 0. The van der Waals surface area contributed by atoms with Gasteiger partial charge in [0.15, 0.2) is 0 Å². The molecule has 0 saturated carbocycles. The van der Waals surface area contributed by atoms with E-state index in [4.69, 9.17) is 4.74 Å². The van der Waals surface area contributed by atoms with Crippen LogP contribution in [-0.4, -0.2) is 18.9 Å². The van der Waals surface area contributed by atoms with Gasteiger partial charge >= 0.3 is 0 Å². The average Bonchev–Trinajstić information content (AvgIpc) is 2.37. The Balaban J connectivity index is 2.50. The van der Waals surface area contributed by atoms with E-state index in [2.05, 4.69) is 25.8 Å². The largest absolute Gasteiger partial charge is 0.490 e. The van der Waals surface area contributed by atoms with Crippen LogP contribution < -0.4 is 4.74 Å². The van der Waals surface area contributed by atoms with Crippen LogP contribution in [0.4, 0.5) is 0 Å². The van der Waals surface area contributed by atoms with E-state index in [1.165, 1.54) is 0 Å². The van der Waals surface area contributed by atoms with Crippen molar-refractivity contribution >= 4 is 6.21 Å². The molecule has 1 unspecified atom stereocenters. The fourth-order valence-electron chi connectivity index (χ4n) is 1.76. The van der Waals surface area contributed by atoms with E-state index in [-0.39, 0.29) is 6.10 Å². The molecule has 1 rings (SSSR count). The molecule has 0 aliphatic carbocycles. The van der Waals surface area contributed by atoms with Crippen molar-refractivity contribution < 1.29 is 4.74 Å². The van der Waals surface area contributed by atoms with Crippen LogP contribution in [-0.2, 0) is 0 Å². The summed E-state index contributed by atoms with van der Waals surface area (Å²) in [5, 5.41) is 0. The first kappa shape index (κ1) is 13.8. The molecule has 2 atom stereocenters. The number of rotatable bonds is 7. The molecule has 0 fully saturated rings. The third kappa shape index (κ3) is 5.03. The molecule has 0 amide bonds. The molecule has 2 nitrogen and oxygen atoms in total. The van der Waals surface area contributed by atoms with Gasteiger partial charge in [-0.25, -0.2) is 0 Å². The molecule has 0 aliphatic rings. The van der Waals surface area contributed by atoms with Crippen LogP contribution in [0.25, 0.3) is 0 Å². The van der Waals surface area contributed by atoms with Gasteiger partial charge in [0, 0.05) is 12.5 Å². The molecule has 1 aromatic carbocycles. The lowest BCUT2D eigenvalue weighted by Gasteiger charge is -2.22. The topological polar surface area (TPSA) is 21.6 Å². The summed E-state index contributed by atoms with van der Waals surface area (Å²) in [7, 11) is 0. The molecule has 0 saturated heterocycles. The normalized spacial score (nSPS) is 14.8. The second-order valence-electron chi connectivity index (χ2n) is 4.31. The summed E-state index contributed by atoms with van der Waals surface area (Å²) < 4.78 is 5.98. The maximum atomic E-state index is 5.98. The van der Waals surface area contributed by atoms with Gasteiger partial charge in [-0.1, -0.05) is 39.0 Å². The Kier molecular flexibility index (Phi) is 6.38. The Bertz CT molecular complexity index is 321. The summed E-state index contributed by atoms with van der Waals surface area (Å²) in [6, 6.07) is 10.0. The van der Waals surface area contributed by atoms with Crippen LogP contribution in [0.1, 0.15) is 33.6 Å². The maximum Gasteiger partial charge on any atom is 0.119 e. The van der Waals surface area contributed by atoms with Gasteiger partial charge in [0.1, 0.15) is 11.9 Å². The minimum Gasteiger partial charge on any atom is -0.490 e. The van der Waals surface area contributed by atoms with Crippen molar-refractivity contribution in [2.45, 2.75) is 39.7 Å². The van der Waals surface area contributed by atoms with Gasteiger partial charge in [0.05, 0.1) is 0 Å². The van der Waals surface area contributed by atoms with Crippen LogP contribution in [0, 0.1) is 5.92 Å². The highest BCUT2D eigenvalue weighted by atomic mass is 16.5. The van der Waals surface area contributed by atoms with E-state index in [1.54, 1.807) is 0 Å². The van der Waals surface area contributed by atoms with Gasteiger partial charge in [0.25, 0.3) is 0 Å². The van der Waals surface area contributed by atoms with Gasteiger partial charge in [-0.2, -0.15) is 0 Å². The number of para-hydroxylation sites is 1. The summed E-state index contributed by atoms with van der Waals surface area (Å²) in [4.78, 5) is 4.40. The molecule has 0 aliphatic heterocycles. The van der Waals surface area contributed by atoms with Crippen LogP contribution in [0.3, 0.4) is 0 Å². The van der Waals surface area contributed by atoms with E-state index in [0.29, 0.717) is 5.92 Å². The molecule has 0 heterocycles. The molecule has 0 bridgehead atoms. The van der Waals surface area contributed by atoms with E-state index >= 15 is 0 Å². The lowest BCUT2D eigenvalue weighted by Crippen LogP contribution is -2.26. The lowest BCUT2D eigenvalue weighted by atomic mass is 10.0. The van der Waals surface area contributed by atoms with Crippen LogP contribution >= 0.6 is 0 Å². The molecule has 0 radical (unpaired) electrons. The minimum absolute atomic E-state index is 0.242. The minimum atomic E-state index is 0.242. The molecule has 0 N–H and O–H groups in total. The first-order chi connectivity index (χ1) is 8.27. The van der Waals surface area contributed by atoms with E-state index in [0.717, 1.165) is 25.1 Å². The standard InChI is InChI=1S/C15H23NO/c1-4-11-16-12-13(3)15(5-2)17-14-9-7-6-8-10-14/h6-11,13,15H,4-5,12H2,1-3H3/t13-,15?/m1/s1. The fourth-order valence-corrected chi connectivity index (χ4v) is 1.76. The lowest BCUT2D eigenvalue weighted by molar-refractivity contribution is 0.142. The highest BCUT2D eigenvalue weighted by Gasteiger charge is 2.16. The van der Waals surface area contributed by atoms with E-state index < -0.39 is 0 Å². The zero-order valence-corrected chi connectivity index (χ0v) is 11.1. The Morgan fingerprint density at radius 1 is 1.24 bits per heavy atom. The van der Waals surface area contributed by atoms with Crippen LogP contribution in [0.15, 0.2) is 35.3 Å². The average molecular weight is 233 g/mol. The molecular formula is C15H23NO. The number of hydrogen-bond acceptors (Lipinski definition) is 2. The second kappa shape index (κ2) is 7.88. The summed E-state index contributed by atoms with van der Waals surface area (Å²) in [5.74, 6) is 1.40. The van der Waals surface area contributed by atoms with E-state index in [1.807, 2.05) is 36.5 Å². The number of nitrogens with zero attached hydrogens (tertiary/aromatic N) is 1. The number of aliphatic imine (C=N–C) groups is 1. The third-order valence-electron chi connectivity index (χ3n) is 2.77. The number of ether oxygens (including phenoxy) is 1. The quantitative estimate of drug-likeness (QED) is 0.653. The van der Waals surface area contributed by atoms with E-state index in [9.17, 15) is 0 Å². The van der Waals surface area contributed by atoms with Gasteiger partial charge in [-0.3, -0.25) is 4.99 Å². The summed E-state index contributed by atoms with van der Waals surface area (Å²) in [6.07, 6.45) is 4.23. The Hall–Kier alpha value is -1.31. The fraction of sp³-hybridized carbons (Fsp3) is 0.533. The molecule has 1 aromatic rings. The van der Waals surface area contributed by atoms with Crippen molar-refractivity contribution in [2.75, 3.05) is 6.54 Å². The van der Waals surface area contributed by atoms with Gasteiger partial charge in [-0.05, 0) is 31.2 Å². The highest BCUT2D eigenvalue weighted by molar-refractivity contribution is 5.56. The second-order valence-corrected chi connectivity index (χ2v) is 4.31. The first-order valence-corrected chi connectivity index (χ1v) is 6.47. The molecule has 0 spiro atoms. The summed E-state index contributed by atoms with van der Waals surface area (Å²) in [5.41, 5.74) is 0. The van der Waals surface area contributed by atoms with Crippen molar-refractivity contribution in [3.8, 4) is 5.75 Å². The summed E-state index contributed by atoms with van der Waals surface area (Å²) in [6.45, 7) is 7.31. The van der Waals surface area contributed by atoms with Crippen LogP contribution in [0.2, 0.25) is 0 Å². The predicted molar refractivity (Wildman–Crippen MR) is 74.0 cm³/mol. The molecule has 0 aromatic heterocycles. The third-order valence-corrected chi connectivity index (χ3v) is 2.77. The first-order valence-electron chi connectivity index (χ1n) is 6.47. The smallest absolute Gasteiger partial charge is 0.119 e. The van der Waals surface area contributed by atoms with Gasteiger partial charge in [-0.15, -0.1) is 0 Å². The molecular weight excluding hydrogens is 210 g/mol. The molecule has 2 heteroatoms. The monoisotopic (exact) mass is 233 g/mol. The Morgan fingerprint density at radius 3 is 2.53 bits per heavy atom. The SMILES string of the molecule is CCC=NC[C@@H](C)C(CC)Oc1ccccc1. The Morgan fingerprint density at radius 2 is 1.94 bits per heavy atom. The highest BCUT2D eigenvalue weighted by Crippen LogP contribution is 2.17. The van der Waals surface area contributed by atoms with Crippen molar-refractivity contribution in [1.82, 2.24) is 0 Å². The predicted octanol–water partition coefficient (Wildman–Crippen LogP) is 3.96.